The molecule has 24 heavy (non-hydrogen) atoms. The standard InChI is InChI=1S/C19H18N2OS2/c1-13-17(24-18(20-13)16-10-6-12-23-16)19(22)21-11-5-9-15(21)14-7-3-2-4-8-14/h2-4,6-8,10,12,15H,5,9,11H2,1H3. The number of aryl methyl sites for hydroxylation is 1. The van der Waals surface area contributed by atoms with Crippen molar-refractivity contribution >= 4 is 28.6 Å². The van der Waals surface area contributed by atoms with Crippen molar-refractivity contribution in [3.05, 3.63) is 64.0 Å². The maximum absolute atomic E-state index is 13.1. The summed E-state index contributed by atoms with van der Waals surface area (Å²) in [6.45, 7) is 2.76. The van der Waals surface area contributed by atoms with Gasteiger partial charge in [-0.05, 0) is 36.8 Å². The van der Waals surface area contributed by atoms with E-state index in [4.69, 9.17) is 0 Å². The Morgan fingerprint density at radius 1 is 1.21 bits per heavy atom. The zero-order valence-electron chi connectivity index (χ0n) is 13.4. The van der Waals surface area contributed by atoms with E-state index in [1.54, 1.807) is 11.3 Å². The minimum atomic E-state index is 0.124. The van der Waals surface area contributed by atoms with Gasteiger partial charge in [0.1, 0.15) is 9.88 Å². The lowest BCUT2D eigenvalue weighted by molar-refractivity contribution is 0.0739. The summed E-state index contributed by atoms with van der Waals surface area (Å²) in [5.41, 5.74) is 2.07. The fourth-order valence-electron chi connectivity index (χ4n) is 3.26. The quantitative estimate of drug-likeness (QED) is 0.651. The Morgan fingerprint density at radius 3 is 2.79 bits per heavy atom. The van der Waals surface area contributed by atoms with Gasteiger partial charge < -0.3 is 4.90 Å². The molecule has 3 nitrogen and oxygen atoms in total. The number of aromatic nitrogens is 1. The molecule has 1 atom stereocenters. The summed E-state index contributed by atoms with van der Waals surface area (Å²) in [7, 11) is 0. The first-order valence-electron chi connectivity index (χ1n) is 8.11. The zero-order chi connectivity index (χ0) is 16.5. The van der Waals surface area contributed by atoms with Crippen molar-refractivity contribution in [2.45, 2.75) is 25.8 Å². The van der Waals surface area contributed by atoms with E-state index in [0.29, 0.717) is 0 Å². The van der Waals surface area contributed by atoms with Gasteiger partial charge in [0.25, 0.3) is 5.91 Å². The summed E-state index contributed by atoms with van der Waals surface area (Å²) in [6.07, 6.45) is 2.09. The smallest absolute Gasteiger partial charge is 0.266 e. The first-order valence-corrected chi connectivity index (χ1v) is 9.81. The number of hydrogen-bond acceptors (Lipinski definition) is 4. The molecular formula is C19H18N2OS2. The van der Waals surface area contributed by atoms with Crippen LogP contribution < -0.4 is 0 Å². The molecule has 122 valence electrons. The van der Waals surface area contributed by atoms with Gasteiger partial charge >= 0.3 is 0 Å². The van der Waals surface area contributed by atoms with Crippen molar-refractivity contribution in [1.82, 2.24) is 9.88 Å². The Bertz CT molecular complexity index is 840. The van der Waals surface area contributed by atoms with Gasteiger partial charge in [0.2, 0.25) is 0 Å². The highest BCUT2D eigenvalue weighted by Gasteiger charge is 2.32. The van der Waals surface area contributed by atoms with Crippen LogP contribution in [-0.4, -0.2) is 22.3 Å². The lowest BCUT2D eigenvalue weighted by Gasteiger charge is -2.24. The maximum atomic E-state index is 13.1. The molecule has 1 aliphatic heterocycles. The number of thiazole rings is 1. The minimum absolute atomic E-state index is 0.124. The SMILES string of the molecule is Cc1nc(-c2cccs2)sc1C(=O)N1CCCC1c1ccccc1. The van der Waals surface area contributed by atoms with E-state index in [1.165, 1.54) is 16.9 Å². The van der Waals surface area contributed by atoms with Gasteiger partial charge in [-0.2, -0.15) is 0 Å². The van der Waals surface area contributed by atoms with Crippen LogP contribution >= 0.6 is 22.7 Å². The Balaban J connectivity index is 1.64. The van der Waals surface area contributed by atoms with Crippen LogP contribution in [0.15, 0.2) is 47.8 Å². The van der Waals surface area contributed by atoms with Gasteiger partial charge in [-0.15, -0.1) is 22.7 Å². The van der Waals surface area contributed by atoms with Crippen LogP contribution in [0.4, 0.5) is 0 Å². The summed E-state index contributed by atoms with van der Waals surface area (Å²) >= 11 is 3.18. The highest BCUT2D eigenvalue weighted by molar-refractivity contribution is 7.22. The normalized spacial score (nSPS) is 17.4. The van der Waals surface area contributed by atoms with Crippen LogP contribution in [0, 0.1) is 6.92 Å². The van der Waals surface area contributed by atoms with Gasteiger partial charge in [-0.3, -0.25) is 4.79 Å². The summed E-state index contributed by atoms with van der Waals surface area (Å²) < 4.78 is 0. The molecule has 3 heterocycles. The van der Waals surface area contributed by atoms with Crippen LogP contribution in [0.3, 0.4) is 0 Å². The summed E-state index contributed by atoms with van der Waals surface area (Å²) in [6, 6.07) is 14.6. The molecule has 2 aromatic heterocycles. The van der Waals surface area contributed by atoms with Gasteiger partial charge in [0, 0.05) is 6.54 Å². The lowest BCUT2D eigenvalue weighted by atomic mass is 10.0. The Kier molecular flexibility index (Phi) is 4.21. The van der Waals surface area contributed by atoms with Gasteiger partial charge in [0.15, 0.2) is 0 Å². The second-order valence-electron chi connectivity index (χ2n) is 5.98. The summed E-state index contributed by atoms with van der Waals surface area (Å²) in [5.74, 6) is 0.124. The van der Waals surface area contributed by atoms with Crippen LogP contribution in [0.25, 0.3) is 9.88 Å². The van der Waals surface area contributed by atoms with Crippen LogP contribution in [0.2, 0.25) is 0 Å². The number of thiophene rings is 1. The third kappa shape index (κ3) is 2.78. The number of carbonyl (C=O) groups is 1. The molecule has 1 amide bonds. The fourth-order valence-corrected chi connectivity index (χ4v) is 5.08. The van der Waals surface area contributed by atoms with Gasteiger partial charge in [-0.1, -0.05) is 36.4 Å². The van der Waals surface area contributed by atoms with E-state index in [1.807, 2.05) is 41.5 Å². The second-order valence-corrected chi connectivity index (χ2v) is 7.92. The van der Waals surface area contributed by atoms with Crippen molar-refractivity contribution in [2.75, 3.05) is 6.54 Å². The van der Waals surface area contributed by atoms with Crippen molar-refractivity contribution in [1.29, 1.82) is 0 Å². The molecule has 1 fully saturated rings. The minimum Gasteiger partial charge on any atom is -0.331 e. The van der Waals surface area contributed by atoms with Crippen LogP contribution in [0.5, 0.6) is 0 Å². The molecular weight excluding hydrogens is 336 g/mol. The molecule has 0 aliphatic carbocycles. The maximum Gasteiger partial charge on any atom is 0.266 e. The van der Waals surface area contributed by atoms with E-state index in [2.05, 4.69) is 23.2 Å². The summed E-state index contributed by atoms with van der Waals surface area (Å²) in [5, 5.41) is 2.99. The van der Waals surface area contributed by atoms with E-state index in [0.717, 1.165) is 39.8 Å². The first kappa shape index (κ1) is 15.5. The second kappa shape index (κ2) is 6.49. The number of rotatable bonds is 3. The average molecular weight is 354 g/mol. The number of hydrogen-bond donors (Lipinski definition) is 0. The number of amides is 1. The predicted molar refractivity (Wildman–Crippen MR) is 99.6 cm³/mol. The number of nitrogens with zero attached hydrogens (tertiary/aromatic N) is 2. The number of benzene rings is 1. The third-order valence-corrected chi connectivity index (χ3v) is 6.61. The Morgan fingerprint density at radius 2 is 2.04 bits per heavy atom. The predicted octanol–water partition coefficient (Wildman–Crippen LogP) is 5.16. The van der Waals surface area contributed by atoms with E-state index >= 15 is 0 Å². The highest BCUT2D eigenvalue weighted by Crippen LogP contribution is 2.36. The highest BCUT2D eigenvalue weighted by atomic mass is 32.1. The van der Waals surface area contributed by atoms with Crippen molar-refractivity contribution in [2.24, 2.45) is 0 Å². The fraction of sp³-hybridized carbons (Fsp3) is 0.263. The molecule has 4 rings (SSSR count). The van der Waals surface area contributed by atoms with Crippen LogP contribution in [0.1, 0.15) is 39.8 Å². The van der Waals surface area contributed by atoms with Crippen molar-refractivity contribution in [3.63, 3.8) is 0 Å². The topological polar surface area (TPSA) is 33.2 Å². The molecule has 1 aromatic carbocycles. The first-order chi connectivity index (χ1) is 11.7. The molecule has 5 heteroatoms. The molecule has 1 aliphatic rings. The Labute approximate surface area is 149 Å². The molecule has 0 bridgehead atoms. The van der Waals surface area contributed by atoms with Gasteiger partial charge in [-0.25, -0.2) is 4.98 Å². The van der Waals surface area contributed by atoms with E-state index in [-0.39, 0.29) is 11.9 Å². The molecule has 0 spiro atoms. The molecule has 0 N–H and O–H groups in total. The molecule has 0 radical (unpaired) electrons. The molecule has 3 aromatic rings. The third-order valence-electron chi connectivity index (χ3n) is 4.42. The summed E-state index contributed by atoms with van der Waals surface area (Å²) in [4.78, 5) is 21.7. The van der Waals surface area contributed by atoms with Crippen LogP contribution in [-0.2, 0) is 0 Å². The monoisotopic (exact) mass is 354 g/mol. The number of likely N-dealkylation sites (tertiary alicyclic amines) is 1. The molecule has 1 unspecified atom stereocenters. The number of carbonyl (C=O) groups excluding carboxylic acids is 1. The van der Waals surface area contributed by atoms with Gasteiger partial charge in [0.05, 0.1) is 16.6 Å². The van der Waals surface area contributed by atoms with Crippen molar-refractivity contribution < 1.29 is 4.79 Å². The molecule has 0 saturated carbocycles. The Hall–Kier alpha value is -1.98. The van der Waals surface area contributed by atoms with E-state index in [9.17, 15) is 4.79 Å². The van der Waals surface area contributed by atoms with E-state index < -0.39 is 0 Å². The van der Waals surface area contributed by atoms with Crippen molar-refractivity contribution in [3.8, 4) is 9.88 Å². The molecule has 1 saturated heterocycles. The largest absolute Gasteiger partial charge is 0.331 e. The zero-order valence-corrected chi connectivity index (χ0v) is 15.1. The average Bonchev–Trinajstić information content (AvgIpc) is 3.35. The lowest BCUT2D eigenvalue weighted by Crippen LogP contribution is -2.30.